The molecule has 0 saturated heterocycles. The van der Waals surface area contributed by atoms with Gasteiger partial charge in [0.15, 0.2) is 11.5 Å². The van der Waals surface area contributed by atoms with E-state index in [1.54, 1.807) is 6.07 Å². The predicted molar refractivity (Wildman–Crippen MR) is 93.2 cm³/mol. The number of nitrogens with one attached hydrogen (secondary N) is 2. The van der Waals surface area contributed by atoms with Crippen LogP contribution in [-0.4, -0.2) is 34.6 Å². The number of hydrazine groups is 1. The van der Waals surface area contributed by atoms with Gasteiger partial charge < -0.3 is 14.2 Å². The SMILES string of the molecule is COc1ccc(Cl)cc1C(=O)NNS(=O)(=O)c1ccc2c(c1)OCCO2. The fourth-order valence-electron chi connectivity index (χ4n) is 2.29. The smallest absolute Gasteiger partial charge is 0.270 e. The summed E-state index contributed by atoms with van der Waals surface area (Å²) in [7, 11) is -2.63. The Bertz CT molecular complexity index is 948. The van der Waals surface area contributed by atoms with Crippen LogP contribution < -0.4 is 24.5 Å². The number of sulfonamides is 1. The highest BCUT2D eigenvalue weighted by Crippen LogP contribution is 2.32. The van der Waals surface area contributed by atoms with E-state index in [1.165, 1.54) is 37.4 Å². The van der Waals surface area contributed by atoms with E-state index in [0.29, 0.717) is 29.7 Å². The predicted octanol–water partition coefficient (Wildman–Crippen LogP) is 1.74. The van der Waals surface area contributed by atoms with Crippen molar-refractivity contribution in [3.05, 3.63) is 47.0 Å². The third-order valence-corrected chi connectivity index (χ3v) is 5.01. The summed E-state index contributed by atoms with van der Waals surface area (Å²) >= 11 is 5.87. The van der Waals surface area contributed by atoms with Crippen LogP contribution in [0.5, 0.6) is 17.2 Å². The van der Waals surface area contributed by atoms with Gasteiger partial charge in [0, 0.05) is 11.1 Å². The summed E-state index contributed by atoms with van der Waals surface area (Å²) in [6.45, 7) is 0.726. The van der Waals surface area contributed by atoms with E-state index in [-0.39, 0.29) is 16.2 Å². The van der Waals surface area contributed by atoms with Crippen molar-refractivity contribution in [2.75, 3.05) is 20.3 Å². The summed E-state index contributed by atoms with van der Waals surface area (Å²) in [6.07, 6.45) is 0. The first-order valence-electron chi connectivity index (χ1n) is 7.46. The summed E-state index contributed by atoms with van der Waals surface area (Å²) in [6, 6.07) is 8.59. The lowest BCUT2D eigenvalue weighted by Gasteiger charge is -2.19. The Morgan fingerprint density at radius 3 is 2.58 bits per heavy atom. The van der Waals surface area contributed by atoms with Crippen LogP contribution >= 0.6 is 11.6 Å². The van der Waals surface area contributed by atoms with Gasteiger partial charge in [-0.2, -0.15) is 0 Å². The lowest BCUT2D eigenvalue weighted by molar-refractivity contribution is 0.0942. The molecule has 138 valence electrons. The molecule has 2 N–H and O–H groups in total. The van der Waals surface area contributed by atoms with Crippen LogP contribution in [0.2, 0.25) is 5.02 Å². The number of benzene rings is 2. The van der Waals surface area contributed by atoms with Crippen LogP contribution in [0, 0.1) is 0 Å². The summed E-state index contributed by atoms with van der Waals surface area (Å²) in [4.78, 5) is 14.2. The van der Waals surface area contributed by atoms with Crippen molar-refractivity contribution in [3.63, 3.8) is 0 Å². The molecule has 3 rings (SSSR count). The summed E-state index contributed by atoms with van der Waals surface area (Å²) in [5, 5.41) is 0.311. The number of halogens is 1. The Balaban J connectivity index is 1.76. The van der Waals surface area contributed by atoms with Gasteiger partial charge in [-0.05, 0) is 30.3 Å². The molecule has 0 spiro atoms. The second kappa shape index (κ2) is 7.40. The highest BCUT2D eigenvalue weighted by atomic mass is 35.5. The van der Waals surface area contributed by atoms with Crippen LogP contribution in [0.1, 0.15) is 10.4 Å². The molecule has 1 amide bonds. The number of methoxy groups -OCH3 is 1. The summed E-state index contributed by atoms with van der Waals surface area (Å²) < 4.78 is 40.6. The van der Waals surface area contributed by atoms with Gasteiger partial charge in [-0.25, -0.2) is 8.42 Å². The topological polar surface area (TPSA) is 103 Å². The van der Waals surface area contributed by atoms with Gasteiger partial charge in [-0.1, -0.05) is 11.6 Å². The summed E-state index contributed by atoms with van der Waals surface area (Å²) in [5.41, 5.74) is 2.22. The lowest BCUT2D eigenvalue weighted by atomic mass is 10.2. The van der Waals surface area contributed by atoms with Crippen molar-refractivity contribution in [1.29, 1.82) is 0 Å². The molecule has 0 bridgehead atoms. The minimum atomic E-state index is -4.02. The van der Waals surface area contributed by atoms with Crippen molar-refractivity contribution < 1.29 is 27.4 Å². The molecule has 0 fully saturated rings. The molecule has 0 radical (unpaired) electrons. The number of carbonyl (C=O) groups is 1. The second-order valence-electron chi connectivity index (χ2n) is 5.21. The van der Waals surface area contributed by atoms with E-state index in [1.807, 2.05) is 4.83 Å². The number of fused-ring (bicyclic) bond motifs is 1. The average molecular weight is 399 g/mol. The molecule has 0 saturated carbocycles. The molecule has 1 heterocycles. The van der Waals surface area contributed by atoms with Gasteiger partial charge >= 0.3 is 0 Å². The molecule has 1 aliphatic heterocycles. The van der Waals surface area contributed by atoms with E-state index in [9.17, 15) is 13.2 Å². The Morgan fingerprint density at radius 2 is 1.85 bits per heavy atom. The fraction of sp³-hybridized carbons (Fsp3) is 0.188. The molecule has 2 aromatic rings. The van der Waals surface area contributed by atoms with Gasteiger partial charge in [-0.15, -0.1) is 4.83 Å². The number of amides is 1. The van der Waals surface area contributed by atoms with Gasteiger partial charge in [0.25, 0.3) is 15.9 Å². The molecule has 2 aromatic carbocycles. The van der Waals surface area contributed by atoms with Gasteiger partial charge in [0.1, 0.15) is 19.0 Å². The maximum absolute atomic E-state index is 12.4. The molecule has 0 unspecified atom stereocenters. The monoisotopic (exact) mass is 398 g/mol. The number of hydrogen-bond acceptors (Lipinski definition) is 6. The van der Waals surface area contributed by atoms with E-state index in [2.05, 4.69) is 5.43 Å². The first kappa shape index (κ1) is 18.3. The highest BCUT2D eigenvalue weighted by Gasteiger charge is 2.21. The zero-order chi connectivity index (χ0) is 18.7. The van der Waals surface area contributed by atoms with Crippen molar-refractivity contribution in [1.82, 2.24) is 10.3 Å². The minimum absolute atomic E-state index is 0.0832. The molecule has 0 aromatic heterocycles. The Kier molecular flexibility index (Phi) is 5.21. The molecule has 26 heavy (non-hydrogen) atoms. The molecular weight excluding hydrogens is 384 g/mol. The molecule has 1 aliphatic rings. The van der Waals surface area contributed by atoms with Crippen LogP contribution in [-0.2, 0) is 10.0 Å². The van der Waals surface area contributed by atoms with Crippen LogP contribution in [0.3, 0.4) is 0 Å². The first-order chi connectivity index (χ1) is 12.4. The minimum Gasteiger partial charge on any atom is -0.496 e. The Morgan fingerprint density at radius 1 is 1.12 bits per heavy atom. The van der Waals surface area contributed by atoms with E-state index in [0.717, 1.165) is 0 Å². The summed E-state index contributed by atoms with van der Waals surface area (Å²) in [5.74, 6) is 0.320. The Labute approximate surface area is 155 Å². The Hall–Kier alpha value is -2.49. The molecular formula is C16H15ClN2O6S. The number of hydrogen-bond donors (Lipinski definition) is 2. The maximum atomic E-state index is 12.4. The van der Waals surface area contributed by atoms with E-state index >= 15 is 0 Å². The largest absolute Gasteiger partial charge is 0.496 e. The average Bonchev–Trinajstić information content (AvgIpc) is 2.65. The van der Waals surface area contributed by atoms with Gasteiger partial charge in [0.05, 0.1) is 17.6 Å². The van der Waals surface area contributed by atoms with Crippen LogP contribution in [0.15, 0.2) is 41.3 Å². The van der Waals surface area contributed by atoms with Crippen molar-refractivity contribution >= 4 is 27.5 Å². The maximum Gasteiger partial charge on any atom is 0.270 e. The van der Waals surface area contributed by atoms with Crippen molar-refractivity contribution in [3.8, 4) is 17.2 Å². The van der Waals surface area contributed by atoms with E-state index < -0.39 is 15.9 Å². The standard InChI is InChI=1S/C16H15ClN2O6S/c1-23-13-4-2-10(17)8-12(13)16(20)18-19-26(21,22)11-3-5-14-15(9-11)25-7-6-24-14/h2-5,8-9,19H,6-7H2,1H3,(H,18,20). The second-order valence-corrected chi connectivity index (χ2v) is 7.33. The highest BCUT2D eigenvalue weighted by molar-refractivity contribution is 7.89. The van der Waals surface area contributed by atoms with Crippen LogP contribution in [0.25, 0.3) is 0 Å². The molecule has 10 heteroatoms. The third kappa shape index (κ3) is 3.85. The van der Waals surface area contributed by atoms with Gasteiger partial charge in [-0.3, -0.25) is 10.2 Å². The first-order valence-corrected chi connectivity index (χ1v) is 9.32. The van der Waals surface area contributed by atoms with Crippen LogP contribution in [0.4, 0.5) is 0 Å². The zero-order valence-electron chi connectivity index (χ0n) is 13.6. The molecule has 8 nitrogen and oxygen atoms in total. The quantitative estimate of drug-likeness (QED) is 0.744. The zero-order valence-corrected chi connectivity index (χ0v) is 15.2. The van der Waals surface area contributed by atoms with Crippen molar-refractivity contribution in [2.24, 2.45) is 0 Å². The molecule has 0 aliphatic carbocycles. The fourth-order valence-corrected chi connectivity index (χ4v) is 3.31. The number of rotatable bonds is 5. The number of carbonyl (C=O) groups excluding carboxylic acids is 1. The van der Waals surface area contributed by atoms with Crippen molar-refractivity contribution in [2.45, 2.75) is 4.90 Å². The lowest BCUT2D eigenvalue weighted by Crippen LogP contribution is -2.41. The van der Waals surface area contributed by atoms with E-state index in [4.69, 9.17) is 25.8 Å². The molecule has 0 atom stereocenters. The third-order valence-electron chi connectivity index (χ3n) is 3.53. The van der Waals surface area contributed by atoms with Gasteiger partial charge in [0.2, 0.25) is 0 Å². The normalized spacial score (nSPS) is 13.2. The number of ether oxygens (including phenoxy) is 3.